The van der Waals surface area contributed by atoms with E-state index in [-0.39, 0.29) is 5.56 Å². The molecule has 1 aliphatic rings. The number of rotatable bonds is 3. The van der Waals surface area contributed by atoms with Crippen LogP contribution in [0.1, 0.15) is 5.56 Å². The van der Waals surface area contributed by atoms with Crippen molar-refractivity contribution < 1.29 is 4.57 Å². The van der Waals surface area contributed by atoms with Gasteiger partial charge in [0.15, 0.2) is 5.03 Å². The zero-order valence-corrected chi connectivity index (χ0v) is 17.6. The highest BCUT2D eigenvalue weighted by atomic mass is 32.1. The maximum Gasteiger partial charge on any atom is 0.373 e. The van der Waals surface area contributed by atoms with Crippen LogP contribution in [0.3, 0.4) is 0 Å². The Balaban J connectivity index is 1.84. The number of aromatic nitrogens is 2. The van der Waals surface area contributed by atoms with Crippen LogP contribution < -0.4 is 15.0 Å². The average Bonchev–Trinajstić information content (AvgIpc) is 3.22. The van der Waals surface area contributed by atoms with Crippen LogP contribution in [0.15, 0.2) is 94.7 Å². The van der Waals surface area contributed by atoms with Crippen LogP contribution in [0.25, 0.3) is 16.8 Å². The second-order valence-electron chi connectivity index (χ2n) is 7.48. The van der Waals surface area contributed by atoms with Crippen molar-refractivity contribution in [2.45, 2.75) is 18.5 Å². The molecule has 0 bridgehead atoms. The van der Waals surface area contributed by atoms with Gasteiger partial charge in [-0.25, -0.2) is 4.90 Å². The van der Waals surface area contributed by atoms with Crippen molar-refractivity contribution in [1.82, 2.24) is 4.57 Å². The molecule has 0 saturated carbocycles. The van der Waals surface area contributed by atoms with E-state index in [1.165, 1.54) is 5.56 Å². The summed E-state index contributed by atoms with van der Waals surface area (Å²) < 4.78 is 3.96. The van der Waals surface area contributed by atoms with Gasteiger partial charge in [0.1, 0.15) is 30.0 Å². The largest absolute Gasteiger partial charge is 0.373 e. The predicted octanol–water partition coefficient (Wildman–Crippen LogP) is 4.54. The number of hydrogen-bond acceptors (Lipinski definition) is 3. The number of nitrogens with zero attached hydrogens (tertiary/aromatic N) is 3. The second-order valence-corrected chi connectivity index (χ2v) is 7.90. The highest BCUT2D eigenvalue weighted by molar-refractivity contribution is 7.80. The molecule has 1 aliphatic heterocycles. The van der Waals surface area contributed by atoms with E-state index < -0.39 is 0 Å². The maximum absolute atomic E-state index is 13.6. The molecule has 0 saturated heterocycles. The van der Waals surface area contributed by atoms with Gasteiger partial charge in [0.05, 0.1) is 0 Å². The van der Waals surface area contributed by atoms with Crippen molar-refractivity contribution in [3.05, 3.63) is 101 Å². The quantitative estimate of drug-likeness (QED) is 0.304. The summed E-state index contributed by atoms with van der Waals surface area (Å²) in [6.45, 7) is 3.43. The van der Waals surface area contributed by atoms with Gasteiger partial charge in [0.2, 0.25) is 0 Å². The van der Waals surface area contributed by atoms with Crippen molar-refractivity contribution in [3.63, 3.8) is 0 Å². The molecule has 148 valence electrons. The summed E-state index contributed by atoms with van der Waals surface area (Å²) in [6, 6.07) is 28.3. The summed E-state index contributed by atoms with van der Waals surface area (Å²) in [5.74, 6) is 0.833. The SMILES string of the molecule is Cc1ccc(-[n+]2c(S)c(-c3ccccc3)c(=O)n3c2N(c2ccccc2)CC3)cc1. The molecule has 0 atom stereocenters. The summed E-state index contributed by atoms with van der Waals surface area (Å²) in [7, 11) is 0. The molecule has 5 heteroatoms. The highest BCUT2D eigenvalue weighted by Crippen LogP contribution is 2.31. The first kappa shape index (κ1) is 18.7. The van der Waals surface area contributed by atoms with Gasteiger partial charge in [-0.15, -0.1) is 12.6 Å². The van der Waals surface area contributed by atoms with Gasteiger partial charge in [-0.2, -0.15) is 9.13 Å². The lowest BCUT2D eigenvalue weighted by atomic mass is 10.1. The Labute approximate surface area is 181 Å². The van der Waals surface area contributed by atoms with Crippen molar-refractivity contribution in [3.8, 4) is 16.8 Å². The van der Waals surface area contributed by atoms with Crippen molar-refractivity contribution in [1.29, 1.82) is 0 Å². The lowest BCUT2D eigenvalue weighted by molar-refractivity contribution is -0.625. The Hall–Kier alpha value is -3.31. The molecular weight excluding hydrogens is 390 g/mol. The van der Waals surface area contributed by atoms with E-state index in [2.05, 4.69) is 52.8 Å². The summed E-state index contributed by atoms with van der Waals surface area (Å²) in [4.78, 5) is 15.8. The van der Waals surface area contributed by atoms with Crippen LogP contribution in [0.4, 0.5) is 11.6 Å². The molecule has 0 spiro atoms. The van der Waals surface area contributed by atoms with E-state index in [4.69, 9.17) is 12.6 Å². The fraction of sp³-hybridized carbons (Fsp3) is 0.120. The van der Waals surface area contributed by atoms with Gasteiger partial charge in [-0.3, -0.25) is 4.79 Å². The minimum atomic E-state index is -0.0111. The van der Waals surface area contributed by atoms with E-state index in [1.54, 1.807) is 0 Å². The number of thiol groups is 1. The molecule has 0 amide bonds. The van der Waals surface area contributed by atoms with E-state index in [0.29, 0.717) is 17.1 Å². The molecule has 0 unspecified atom stereocenters. The van der Waals surface area contributed by atoms with Crippen LogP contribution in [0.2, 0.25) is 0 Å². The molecule has 2 heterocycles. The number of fused-ring (bicyclic) bond motifs is 1. The van der Waals surface area contributed by atoms with Gasteiger partial charge < -0.3 is 0 Å². The number of para-hydroxylation sites is 1. The third kappa shape index (κ3) is 3.02. The first-order valence-electron chi connectivity index (χ1n) is 10.0. The first-order chi connectivity index (χ1) is 14.6. The van der Waals surface area contributed by atoms with E-state index in [0.717, 1.165) is 29.4 Å². The van der Waals surface area contributed by atoms with Crippen molar-refractivity contribution in [2.75, 3.05) is 11.4 Å². The second kappa shape index (κ2) is 7.50. The molecule has 0 radical (unpaired) electrons. The van der Waals surface area contributed by atoms with Crippen LogP contribution in [0, 0.1) is 6.92 Å². The van der Waals surface area contributed by atoms with Gasteiger partial charge in [0, 0.05) is 0 Å². The Morgan fingerprint density at radius 3 is 2.13 bits per heavy atom. The van der Waals surface area contributed by atoms with Crippen LogP contribution in [0.5, 0.6) is 0 Å². The summed E-state index contributed by atoms with van der Waals surface area (Å²) in [5, 5.41) is 0.643. The standard InChI is InChI=1S/C25H21N3OS/c1-18-12-14-21(15-13-18)28-24(30)22(19-8-4-2-5-9-19)23(29)27-17-16-26(25(27)28)20-10-6-3-7-11-20/h2-15H,16-17H2,1H3/p+1. The molecule has 3 aromatic carbocycles. The highest BCUT2D eigenvalue weighted by Gasteiger charge is 2.37. The lowest BCUT2D eigenvalue weighted by Crippen LogP contribution is -2.44. The Morgan fingerprint density at radius 2 is 1.47 bits per heavy atom. The smallest absolute Gasteiger partial charge is 0.250 e. The van der Waals surface area contributed by atoms with Crippen LogP contribution >= 0.6 is 12.6 Å². The summed E-state index contributed by atoms with van der Waals surface area (Å²) >= 11 is 4.90. The summed E-state index contributed by atoms with van der Waals surface area (Å²) in [5.41, 5.74) is 4.72. The van der Waals surface area contributed by atoms with Crippen molar-refractivity contribution >= 4 is 24.3 Å². The topological polar surface area (TPSA) is 29.1 Å². The molecule has 0 fully saturated rings. The first-order valence-corrected chi connectivity index (χ1v) is 10.5. The third-order valence-corrected chi connectivity index (χ3v) is 5.97. The average molecular weight is 413 g/mol. The zero-order valence-electron chi connectivity index (χ0n) is 16.7. The molecule has 4 aromatic rings. The molecule has 1 aromatic heterocycles. The van der Waals surface area contributed by atoms with Gasteiger partial charge in [0.25, 0.3) is 0 Å². The zero-order chi connectivity index (χ0) is 20.7. The van der Waals surface area contributed by atoms with Gasteiger partial charge in [-0.1, -0.05) is 66.2 Å². The fourth-order valence-corrected chi connectivity index (χ4v) is 4.49. The predicted molar refractivity (Wildman–Crippen MR) is 123 cm³/mol. The van der Waals surface area contributed by atoms with Gasteiger partial charge >= 0.3 is 11.5 Å². The molecule has 0 N–H and O–H groups in total. The Morgan fingerprint density at radius 1 is 0.833 bits per heavy atom. The monoisotopic (exact) mass is 412 g/mol. The molecule has 0 aliphatic carbocycles. The lowest BCUT2D eigenvalue weighted by Gasteiger charge is -2.18. The molecule has 30 heavy (non-hydrogen) atoms. The fourth-order valence-electron chi connectivity index (χ4n) is 4.06. The number of aryl methyl sites for hydroxylation is 1. The van der Waals surface area contributed by atoms with Crippen LogP contribution in [-0.2, 0) is 6.54 Å². The molecule has 4 nitrogen and oxygen atoms in total. The number of benzene rings is 3. The van der Waals surface area contributed by atoms with E-state index in [1.807, 2.05) is 53.1 Å². The maximum atomic E-state index is 13.6. The third-order valence-electron chi connectivity index (χ3n) is 5.55. The minimum Gasteiger partial charge on any atom is -0.250 e. The molecular formula is C25H22N3OS+. The van der Waals surface area contributed by atoms with Crippen LogP contribution in [-0.4, -0.2) is 11.1 Å². The van der Waals surface area contributed by atoms with E-state index in [9.17, 15) is 4.79 Å². The van der Waals surface area contributed by atoms with Gasteiger partial charge in [-0.05, 0) is 36.8 Å². The Bertz CT molecular complexity index is 1270. The molecule has 5 rings (SSSR count). The summed E-state index contributed by atoms with van der Waals surface area (Å²) in [6.07, 6.45) is 0. The van der Waals surface area contributed by atoms with E-state index >= 15 is 0 Å². The number of anilines is 2. The number of hydrogen-bond donors (Lipinski definition) is 1. The normalized spacial score (nSPS) is 12.8. The van der Waals surface area contributed by atoms with Crippen molar-refractivity contribution in [2.24, 2.45) is 0 Å². The Kier molecular flexibility index (Phi) is 4.68. The minimum absolute atomic E-state index is 0.0111.